The summed E-state index contributed by atoms with van der Waals surface area (Å²) in [7, 11) is 0. The van der Waals surface area contributed by atoms with Crippen LogP contribution in [-0.4, -0.2) is 25.1 Å². The average molecular weight is 433 g/mol. The highest BCUT2D eigenvalue weighted by atomic mass is 35.5. The van der Waals surface area contributed by atoms with Crippen molar-refractivity contribution >= 4 is 23.2 Å². The topological polar surface area (TPSA) is 68.3 Å². The van der Waals surface area contributed by atoms with Gasteiger partial charge in [0.05, 0.1) is 23.1 Å². The molecule has 0 atom stereocenters. The SMILES string of the molecule is CC(C)(c1ccc(OC[C@H]2C[C@H](N)C2)cc1)c1cc(Cl)c(OCCCl)c(C#N)c1. The summed E-state index contributed by atoms with van der Waals surface area (Å²) in [6.07, 6.45) is 2.08. The Bertz CT molecular complexity index is 885. The molecule has 4 nitrogen and oxygen atoms in total. The molecule has 6 heteroatoms. The van der Waals surface area contributed by atoms with Crippen molar-refractivity contribution in [1.82, 2.24) is 0 Å². The van der Waals surface area contributed by atoms with Crippen LogP contribution in [0.1, 0.15) is 43.4 Å². The molecule has 0 unspecified atom stereocenters. The summed E-state index contributed by atoms with van der Waals surface area (Å²) in [5.41, 5.74) is 7.93. The summed E-state index contributed by atoms with van der Waals surface area (Å²) in [6.45, 7) is 5.21. The van der Waals surface area contributed by atoms with Crippen LogP contribution in [0.15, 0.2) is 36.4 Å². The van der Waals surface area contributed by atoms with Crippen molar-refractivity contribution in [1.29, 1.82) is 5.26 Å². The van der Waals surface area contributed by atoms with Gasteiger partial charge in [0.1, 0.15) is 18.4 Å². The van der Waals surface area contributed by atoms with Gasteiger partial charge in [-0.25, -0.2) is 0 Å². The number of nitrogens with two attached hydrogens (primary N) is 1. The molecule has 3 rings (SSSR count). The fourth-order valence-electron chi connectivity index (χ4n) is 3.60. The lowest BCUT2D eigenvalue weighted by Gasteiger charge is -2.32. The molecular formula is C23H26Cl2N2O2. The van der Waals surface area contributed by atoms with Gasteiger partial charge in [-0.15, -0.1) is 11.6 Å². The number of ether oxygens (including phenoxy) is 2. The molecule has 0 bridgehead atoms. The minimum absolute atomic E-state index is 0.299. The van der Waals surface area contributed by atoms with E-state index in [9.17, 15) is 5.26 Å². The molecule has 2 aromatic rings. The standard InChI is InChI=1S/C23H26Cl2N2O2/c1-23(2,18-11-16(13-26)22(21(25)12-18)28-8-7-24)17-3-5-20(6-4-17)29-14-15-9-19(27)10-15/h3-6,11-12,15,19H,7-10,14,27H2,1-2H3/t15-,19-. The molecule has 1 aliphatic carbocycles. The normalized spacial score (nSPS) is 18.6. The third kappa shape index (κ3) is 4.98. The lowest BCUT2D eigenvalue weighted by molar-refractivity contribution is 0.160. The number of hydrogen-bond donors (Lipinski definition) is 1. The molecule has 1 aliphatic rings. The van der Waals surface area contributed by atoms with E-state index >= 15 is 0 Å². The average Bonchev–Trinajstić information content (AvgIpc) is 2.69. The fraction of sp³-hybridized carbons (Fsp3) is 0.435. The fourth-order valence-corrected chi connectivity index (χ4v) is 3.95. The number of benzene rings is 2. The Balaban J connectivity index is 1.77. The maximum Gasteiger partial charge on any atom is 0.155 e. The first-order valence-corrected chi connectivity index (χ1v) is 10.7. The van der Waals surface area contributed by atoms with Gasteiger partial charge in [-0.1, -0.05) is 37.6 Å². The second kappa shape index (κ2) is 9.26. The van der Waals surface area contributed by atoms with Crippen LogP contribution >= 0.6 is 23.2 Å². The van der Waals surface area contributed by atoms with E-state index in [-0.39, 0.29) is 5.41 Å². The first-order chi connectivity index (χ1) is 13.8. The van der Waals surface area contributed by atoms with Gasteiger partial charge in [0, 0.05) is 11.5 Å². The Hall–Kier alpha value is -1.93. The van der Waals surface area contributed by atoms with Crippen molar-refractivity contribution in [3.05, 3.63) is 58.1 Å². The van der Waals surface area contributed by atoms with Gasteiger partial charge in [0.15, 0.2) is 5.75 Å². The molecule has 0 amide bonds. The van der Waals surface area contributed by atoms with Gasteiger partial charge >= 0.3 is 0 Å². The van der Waals surface area contributed by atoms with E-state index in [4.69, 9.17) is 38.4 Å². The molecule has 0 spiro atoms. The van der Waals surface area contributed by atoms with Crippen molar-refractivity contribution < 1.29 is 9.47 Å². The van der Waals surface area contributed by atoms with Gasteiger partial charge in [-0.05, 0) is 54.2 Å². The van der Waals surface area contributed by atoms with E-state index in [0.717, 1.165) is 29.7 Å². The minimum atomic E-state index is -0.348. The van der Waals surface area contributed by atoms with Crippen molar-refractivity contribution in [2.24, 2.45) is 11.7 Å². The Labute approximate surface area is 182 Å². The second-order valence-corrected chi connectivity index (χ2v) is 8.83. The predicted octanol–water partition coefficient (Wildman–Crippen LogP) is 5.27. The van der Waals surface area contributed by atoms with Crippen LogP contribution in [0.4, 0.5) is 0 Å². The highest BCUT2D eigenvalue weighted by Crippen LogP contribution is 2.38. The third-order valence-corrected chi connectivity index (χ3v) is 5.98. The number of halogens is 2. The van der Waals surface area contributed by atoms with Crippen molar-refractivity contribution in [3.8, 4) is 17.6 Å². The summed E-state index contributed by atoms with van der Waals surface area (Å²) in [6, 6.07) is 14.3. The van der Waals surface area contributed by atoms with Crippen LogP contribution in [-0.2, 0) is 5.41 Å². The zero-order valence-corrected chi connectivity index (χ0v) is 18.3. The second-order valence-electron chi connectivity index (χ2n) is 8.04. The Morgan fingerprint density at radius 3 is 2.41 bits per heavy atom. The van der Waals surface area contributed by atoms with E-state index in [0.29, 0.717) is 47.4 Å². The summed E-state index contributed by atoms with van der Waals surface area (Å²) in [4.78, 5) is 0. The molecule has 2 N–H and O–H groups in total. The molecule has 0 aliphatic heterocycles. The molecule has 1 saturated carbocycles. The lowest BCUT2D eigenvalue weighted by atomic mass is 9.77. The summed E-state index contributed by atoms with van der Waals surface area (Å²) >= 11 is 12.1. The highest BCUT2D eigenvalue weighted by molar-refractivity contribution is 6.32. The maximum absolute atomic E-state index is 9.54. The molecule has 0 saturated heterocycles. The molecule has 154 valence electrons. The van der Waals surface area contributed by atoms with E-state index < -0.39 is 0 Å². The molecule has 29 heavy (non-hydrogen) atoms. The first kappa shape index (κ1) is 21.8. The van der Waals surface area contributed by atoms with E-state index in [1.54, 1.807) is 0 Å². The maximum atomic E-state index is 9.54. The van der Waals surface area contributed by atoms with Crippen LogP contribution in [0.2, 0.25) is 5.02 Å². The van der Waals surface area contributed by atoms with Gasteiger partial charge in [-0.3, -0.25) is 0 Å². The molecule has 0 heterocycles. The van der Waals surface area contributed by atoms with Gasteiger partial charge < -0.3 is 15.2 Å². The van der Waals surface area contributed by atoms with Crippen LogP contribution < -0.4 is 15.2 Å². The van der Waals surface area contributed by atoms with E-state index in [2.05, 4.69) is 32.0 Å². The van der Waals surface area contributed by atoms with Crippen LogP contribution in [0.25, 0.3) is 0 Å². The number of nitrogens with zero attached hydrogens (tertiary/aromatic N) is 1. The van der Waals surface area contributed by atoms with Gasteiger partial charge in [-0.2, -0.15) is 5.26 Å². The number of alkyl halides is 1. The highest BCUT2D eigenvalue weighted by Gasteiger charge is 2.27. The third-order valence-electron chi connectivity index (χ3n) is 5.54. The minimum Gasteiger partial charge on any atom is -0.493 e. The van der Waals surface area contributed by atoms with Crippen LogP contribution in [0.3, 0.4) is 0 Å². The van der Waals surface area contributed by atoms with Gasteiger partial charge in [0.2, 0.25) is 0 Å². The van der Waals surface area contributed by atoms with Gasteiger partial charge in [0.25, 0.3) is 0 Å². The van der Waals surface area contributed by atoms with Crippen molar-refractivity contribution in [2.75, 3.05) is 19.1 Å². The molecule has 2 aromatic carbocycles. The first-order valence-electron chi connectivity index (χ1n) is 9.77. The van der Waals surface area contributed by atoms with E-state index in [1.807, 2.05) is 24.3 Å². The molecule has 0 radical (unpaired) electrons. The monoisotopic (exact) mass is 432 g/mol. The Kier molecular flexibility index (Phi) is 6.95. The Morgan fingerprint density at radius 1 is 1.14 bits per heavy atom. The Morgan fingerprint density at radius 2 is 1.83 bits per heavy atom. The summed E-state index contributed by atoms with van der Waals surface area (Å²) in [5, 5.41) is 9.95. The summed E-state index contributed by atoms with van der Waals surface area (Å²) in [5.74, 6) is 2.13. The largest absolute Gasteiger partial charge is 0.493 e. The van der Waals surface area contributed by atoms with Crippen molar-refractivity contribution in [2.45, 2.75) is 38.1 Å². The number of nitriles is 1. The molecule has 1 fully saturated rings. The molecule has 0 aromatic heterocycles. The molecular weight excluding hydrogens is 407 g/mol. The zero-order valence-electron chi connectivity index (χ0n) is 16.8. The zero-order chi connectivity index (χ0) is 21.0. The summed E-state index contributed by atoms with van der Waals surface area (Å²) < 4.78 is 11.4. The quantitative estimate of drug-likeness (QED) is 0.576. The van der Waals surface area contributed by atoms with Crippen LogP contribution in [0, 0.1) is 17.2 Å². The predicted molar refractivity (Wildman–Crippen MR) is 117 cm³/mol. The van der Waals surface area contributed by atoms with Crippen LogP contribution in [0.5, 0.6) is 11.5 Å². The lowest BCUT2D eigenvalue weighted by Crippen LogP contribution is -2.39. The number of rotatable bonds is 8. The van der Waals surface area contributed by atoms with E-state index in [1.165, 1.54) is 0 Å². The number of hydrogen-bond acceptors (Lipinski definition) is 4. The smallest absolute Gasteiger partial charge is 0.155 e. The van der Waals surface area contributed by atoms with Crippen molar-refractivity contribution in [3.63, 3.8) is 0 Å².